The summed E-state index contributed by atoms with van der Waals surface area (Å²) in [4.78, 5) is 27.7. The zero-order chi connectivity index (χ0) is 21.1. The van der Waals surface area contributed by atoms with Gasteiger partial charge in [-0.25, -0.2) is 0 Å². The van der Waals surface area contributed by atoms with Gasteiger partial charge in [0.2, 0.25) is 11.9 Å². The molecule has 1 aliphatic heterocycles. The number of anilines is 3. The molecule has 0 saturated carbocycles. The molecule has 0 aliphatic carbocycles. The highest BCUT2D eigenvalue weighted by molar-refractivity contribution is 5.97. The molecule has 2 aromatic carbocycles. The molecule has 0 saturated heterocycles. The summed E-state index contributed by atoms with van der Waals surface area (Å²) < 4.78 is 17.2. The van der Waals surface area contributed by atoms with Crippen LogP contribution in [0.5, 0.6) is 17.2 Å². The van der Waals surface area contributed by atoms with Gasteiger partial charge >= 0.3 is 0 Å². The molecular formula is C19H18N6O5. The van der Waals surface area contributed by atoms with Crippen molar-refractivity contribution in [1.29, 1.82) is 0 Å². The lowest BCUT2D eigenvalue weighted by Gasteiger charge is -2.18. The van der Waals surface area contributed by atoms with E-state index in [0.717, 1.165) is 4.68 Å². The van der Waals surface area contributed by atoms with Crippen LogP contribution in [0, 0.1) is 0 Å². The minimum atomic E-state index is -0.623. The Bertz CT molecular complexity index is 1110. The fourth-order valence-electron chi connectivity index (χ4n) is 2.77. The molecule has 30 heavy (non-hydrogen) atoms. The minimum Gasteiger partial charge on any atom is -0.486 e. The van der Waals surface area contributed by atoms with Crippen molar-refractivity contribution in [2.75, 3.05) is 30.9 Å². The second-order valence-electron chi connectivity index (χ2n) is 6.28. The van der Waals surface area contributed by atoms with Gasteiger partial charge in [0.25, 0.3) is 11.8 Å². The molecule has 3 aromatic rings. The Morgan fingerprint density at radius 3 is 2.73 bits per heavy atom. The fraction of sp³-hybridized carbons (Fsp3) is 0.158. The van der Waals surface area contributed by atoms with Crippen molar-refractivity contribution in [2.45, 2.75) is 0 Å². The molecule has 11 nitrogen and oxygen atoms in total. The third-order valence-electron chi connectivity index (χ3n) is 4.08. The number of primary amides is 1. The van der Waals surface area contributed by atoms with Crippen LogP contribution in [0.1, 0.15) is 10.4 Å². The van der Waals surface area contributed by atoms with Gasteiger partial charge in [-0.1, -0.05) is 6.07 Å². The molecule has 0 radical (unpaired) electrons. The average Bonchev–Trinajstić information content (AvgIpc) is 3.11. The van der Waals surface area contributed by atoms with Gasteiger partial charge in [-0.05, 0) is 30.3 Å². The number of fused-ring (bicyclic) bond motifs is 1. The number of hydrogen-bond donors (Lipinski definition) is 3. The lowest BCUT2D eigenvalue weighted by Crippen LogP contribution is -2.20. The van der Waals surface area contributed by atoms with Crippen molar-refractivity contribution >= 4 is 29.4 Å². The van der Waals surface area contributed by atoms with Crippen molar-refractivity contribution in [3.8, 4) is 17.2 Å². The minimum absolute atomic E-state index is 0.0940. The second kappa shape index (κ2) is 7.99. The van der Waals surface area contributed by atoms with Crippen LogP contribution in [0.25, 0.3) is 0 Å². The van der Waals surface area contributed by atoms with E-state index in [1.807, 2.05) is 0 Å². The van der Waals surface area contributed by atoms with Crippen molar-refractivity contribution in [2.24, 2.45) is 5.73 Å². The van der Waals surface area contributed by atoms with Crippen LogP contribution in [-0.4, -0.2) is 46.4 Å². The van der Waals surface area contributed by atoms with Gasteiger partial charge in [-0.2, -0.15) is 9.67 Å². The topological polar surface area (TPSA) is 157 Å². The van der Waals surface area contributed by atoms with E-state index < -0.39 is 11.8 Å². The number of rotatable bonds is 6. The summed E-state index contributed by atoms with van der Waals surface area (Å²) in [6.45, 7) is 0.666. The highest BCUT2D eigenvalue weighted by Gasteiger charge is 2.18. The van der Waals surface area contributed by atoms with Crippen LogP contribution < -0.4 is 31.0 Å². The van der Waals surface area contributed by atoms with E-state index in [-0.39, 0.29) is 24.1 Å². The predicted molar refractivity (Wildman–Crippen MR) is 106 cm³/mol. The Kier molecular flexibility index (Phi) is 5.08. The second-order valence-corrected chi connectivity index (χ2v) is 6.28. The fourth-order valence-corrected chi connectivity index (χ4v) is 2.77. The van der Waals surface area contributed by atoms with Crippen LogP contribution >= 0.6 is 0 Å². The Morgan fingerprint density at radius 2 is 1.93 bits per heavy atom. The number of hydrogen-bond acceptors (Lipinski definition) is 9. The van der Waals surface area contributed by atoms with Gasteiger partial charge in [0.1, 0.15) is 19.0 Å². The molecule has 4 rings (SSSR count). The lowest BCUT2D eigenvalue weighted by molar-refractivity contribution is -0.119. The standard InChI is InChI=1S/C19H18N6O5/c20-16(26)10-30-13-3-1-2-11(8-13)17(27)25-18(21)23-19(24-25)22-12-4-5-14-15(9-12)29-7-6-28-14/h1-5,8-9H,6-7,10H2,(H2,20,26)(H3,21,22,23,24). The molecule has 11 heteroatoms. The molecule has 0 unspecified atom stereocenters. The Balaban J connectivity index is 1.52. The van der Waals surface area contributed by atoms with E-state index in [0.29, 0.717) is 36.1 Å². The van der Waals surface area contributed by atoms with Gasteiger partial charge in [-0.3, -0.25) is 9.59 Å². The zero-order valence-electron chi connectivity index (χ0n) is 15.7. The van der Waals surface area contributed by atoms with Gasteiger partial charge in [0, 0.05) is 17.3 Å². The van der Waals surface area contributed by atoms with E-state index in [9.17, 15) is 9.59 Å². The third-order valence-corrected chi connectivity index (χ3v) is 4.08. The summed E-state index contributed by atoms with van der Waals surface area (Å²) in [5.74, 6) is 0.470. The molecule has 5 N–H and O–H groups in total. The summed E-state index contributed by atoms with van der Waals surface area (Å²) in [5.41, 5.74) is 11.8. The molecule has 0 spiro atoms. The first kappa shape index (κ1) is 19.1. The number of benzene rings is 2. The predicted octanol–water partition coefficient (Wildman–Crippen LogP) is 0.928. The van der Waals surface area contributed by atoms with Crippen molar-refractivity contribution in [1.82, 2.24) is 14.8 Å². The van der Waals surface area contributed by atoms with Gasteiger partial charge in [0.15, 0.2) is 18.1 Å². The van der Waals surface area contributed by atoms with Crippen molar-refractivity contribution < 1.29 is 23.8 Å². The Labute approximate surface area is 170 Å². The maximum atomic E-state index is 12.8. The highest BCUT2D eigenvalue weighted by atomic mass is 16.6. The summed E-state index contributed by atoms with van der Waals surface area (Å²) in [7, 11) is 0. The normalized spacial score (nSPS) is 12.3. The van der Waals surface area contributed by atoms with Crippen LogP contribution in [0.2, 0.25) is 0 Å². The number of carbonyl (C=O) groups excluding carboxylic acids is 2. The number of carbonyl (C=O) groups is 2. The first-order valence-electron chi connectivity index (χ1n) is 8.94. The molecule has 0 fully saturated rings. The van der Waals surface area contributed by atoms with Crippen LogP contribution in [0.4, 0.5) is 17.6 Å². The molecule has 2 heterocycles. The van der Waals surface area contributed by atoms with Crippen LogP contribution in [0.3, 0.4) is 0 Å². The number of nitrogens with zero attached hydrogens (tertiary/aromatic N) is 3. The smallest absolute Gasteiger partial charge is 0.281 e. The monoisotopic (exact) mass is 410 g/mol. The number of nitrogens with two attached hydrogens (primary N) is 2. The number of aromatic nitrogens is 3. The van der Waals surface area contributed by atoms with Gasteiger partial charge in [0.05, 0.1) is 0 Å². The maximum Gasteiger partial charge on any atom is 0.281 e. The number of ether oxygens (including phenoxy) is 3. The summed E-state index contributed by atoms with van der Waals surface area (Å²) in [5, 5.41) is 7.11. The Morgan fingerprint density at radius 1 is 1.13 bits per heavy atom. The summed E-state index contributed by atoms with van der Waals surface area (Å²) in [6, 6.07) is 11.5. The van der Waals surface area contributed by atoms with E-state index >= 15 is 0 Å². The first-order valence-corrected chi connectivity index (χ1v) is 8.94. The van der Waals surface area contributed by atoms with E-state index in [1.54, 1.807) is 36.4 Å². The summed E-state index contributed by atoms with van der Waals surface area (Å²) >= 11 is 0. The molecule has 154 valence electrons. The van der Waals surface area contributed by atoms with Gasteiger partial charge in [-0.15, -0.1) is 5.10 Å². The van der Waals surface area contributed by atoms with Crippen LogP contribution in [0.15, 0.2) is 42.5 Å². The zero-order valence-corrected chi connectivity index (χ0v) is 15.7. The van der Waals surface area contributed by atoms with Crippen molar-refractivity contribution in [3.05, 3.63) is 48.0 Å². The highest BCUT2D eigenvalue weighted by Crippen LogP contribution is 2.33. The van der Waals surface area contributed by atoms with E-state index in [1.165, 1.54) is 6.07 Å². The van der Waals surface area contributed by atoms with Crippen LogP contribution in [-0.2, 0) is 4.79 Å². The molecule has 1 aromatic heterocycles. The largest absolute Gasteiger partial charge is 0.486 e. The lowest BCUT2D eigenvalue weighted by atomic mass is 10.2. The van der Waals surface area contributed by atoms with Crippen molar-refractivity contribution in [3.63, 3.8) is 0 Å². The first-order chi connectivity index (χ1) is 14.5. The number of nitrogens with one attached hydrogen (secondary N) is 1. The van der Waals surface area contributed by atoms with E-state index in [4.69, 9.17) is 25.7 Å². The molecular weight excluding hydrogens is 392 g/mol. The SMILES string of the molecule is NC(=O)COc1cccc(C(=O)n2nc(Nc3ccc4c(c3)OCCO4)nc2N)c1. The molecule has 1 amide bonds. The van der Waals surface area contributed by atoms with E-state index in [2.05, 4.69) is 15.4 Å². The maximum absolute atomic E-state index is 12.8. The van der Waals surface area contributed by atoms with Gasteiger partial charge < -0.3 is 31.0 Å². The average molecular weight is 410 g/mol. The number of nitrogen functional groups attached to an aromatic ring is 1. The molecule has 0 atom stereocenters. The Hall–Kier alpha value is -4.28. The molecule has 1 aliphatic rings. The molecule has 0 bridgehead atoms. The number of amides is 1. The summed E-state index contributed by atoms with van der Waals surface area (Å²) in [6.07, 6.45) is 0. The quantitative estimate of drug-likeness (QED) is 0.538. The third kappa shape index (κ3) is 4.09.